The lowest BCUT2D eigenvalue weighted by Gasteiger charge is -2.36. The van der Waals surface area contributed by atoms with Crippen molar-refractivity contribution >= 4 is 6.03 Å². The zero-order valence-electron chi connectivity index (χ0n) is 14.8. The molecule has 1 aromatic heterocycles. The van der Waals surface area contributed by atoms with Crippen LogP contribution in [0.3, 0.4) is 0 Å². The van der Waals surface area contributed by atoms with E-state index in [1.54, 1.807) is 0 Å². The summed E-state index contributed by atoms with van der Waals surface area (Å²) in [5.41, 5.74) is 1.09. The first-order valence-corrected chi connectivity index (χ1v) is 9.57. The number of nitrogens with one attached hydrogen (secondary N) is 1. The van der Waals surface area contributed by atoms with Crippen LogP contribution in [0.5, 0.6) is 0 Å². The molecule has 1 N–H and O–H groups in total. The number of amides is 2. The number of aromatic nitrogens is 1. The van der Waals surface area contributed by atoms with Crippen molar-refractivity contribution in [2.24, 2.45) is 5.92 Å². The molecular formula is C19H28N4O2. The van der Waals surface area contributed by atoms with Gasteiger partial charge >= 0.3 is 6.03 Å². The number of ether oxygens (including phenoxy) is 1. The van der Waals surface area contributed by atoms with Crippen molar-refractivity contribution in [3.8, 4) is 0 Å². The minimum atomic E-state index is 0.0962. The van der Waals surface area contributed by atoms with Crippen molar-refractivity contribution < 1.29 is 9.53 Å². The molecule has 25 heavy (non-hydrogen) atoms. The molecule has 0 unspecified atom stereocenters. The Labute approximate surface area is 149 Å². The maximum atomic E-state index is 12.6. The molecule has 2 saturated heterocycles. The highest BCUT2D eigenvalue weighted by Crippen LogP contribution is 2.38. The second-order valence-electron chi connectivity index (χ2n) is 7.50. The molecule has 3 aliphatic rings. The molecule has 0 radical (unpaired) electrons. The summed E-state index contributed by atoms with van der Waals surface area (Å²) in [5.74, 6) is 0.745. The smallest absolute Gasteiger partial charge is 0.317 e. The predicted octanol–water partition coefficient (Wildman–Crippen LogP) is 1.87. The SMILES string of the molecule is O=C(N[C@H]1CCO[C@@H](C2CC2)C1)N1CCN(Cc2ccccn2)CC1. The third-order valence-corrected chi connectivity index (χ3v) is 5.56. The van der Waals surface area contributed by atoms with Gasteiger partial charge in [0.15, 0.2) is 0 Å². The fraction of sp³-hybridized carbons (Fsp3) is 0.684. The van der Waals surface area contributed by atoms with Crippen LogP contribution < -0.4 is 5.32 Å². The maximum Gasteiger partial charge on any atom is 0.317 e. The van der Waals surface area contributed by atoms with Crippen LogP contribution in [-0.2, 0) is 11.3 Å². The minimum Gasteiger partial charge on any atom is -0.378 e. The Balaban J connectivity index is 1.21. The summed E-state index contributed by atoms with van der Waals surface area (Å²) >= 11 is 0. The van der Waals surface area contributed by atoms with E-state index in [1.807, 2.05) is 23.2 Å². The minimum absolute atomic E-state index is 0.0962. The van der Waals surface area contributed by atoms with Crippen LogP contribution in [0.1, 0.15) is 31.4 Å². The lowest BCUT2D eigenvalue weighted by molar-refractivity contribution is -0.0101. The fourth-order valence-electron chi connectivity index (χ4n) is 3.85. The quantitative estimate of drug-likeness (QED) is 0.906. The first kappa shape index (κ1) is 16.8. The fourth-order valence-corrected chi connectivity index (χ4v) is 3.85. The van der Waals surface area contributed by atoms with Crippen LogP contribution in [-0.4, -0.2) is 65.7 Å². The Kier molecular flexibility index (Phi) is 5.17. The molecular weight excluding hydrogens is 316 g/mol. The van der Waals surface area contributed by atoms with Crippen LogP contribution in [0.4, 0.5) is 4.79 Å². The van der Waals surface area contributed by atoms with Crippen LogP contribution >= 0.6 is 0 Å². The number of carbonyl (C=O) groups excluding carboxylic acids is 1. The number of nitrogens with zero attached hydrogens (tertiary/aromatic N) is 3. The topological polar surface area (TPSA) is 57.7 Å². The van der Waals surface area contributed by atoms with Gasteiger partial charge in [0.2, 0.25) is 0 Å². The second-order valence-corrected chi connectivity index (χ2v) is 7.50. The van der Waals surface area contributed by atoms with Gasteiger partial charge < -0.3 is 15.0 Å². The van der Waals surface area contributed by atoms with Crippen LogP contribution in [0.25, 0.3) is 0 Å². The molecule has 6 nitrogen and oxygen atoms in total. The molecule has 4 rings (SSSR count). The molecule has 1 aliphatic carbocycles. The molecule has 0 bridgehead atoms. The van der Waals surface area contributed by atoms with Gasteiger partial charge in [0.1, 0.15) is 0 Å². The van der Waals surface area contributed by atoms with Gasteiger partial charge in [-0.05, 0) is 43.7 Å². The Morgan fingerprint density at radius 1 is 1.20 bits per heavy atom. The number of carbonyl (C=O) groups is 1. The van der Waals surface area contributed by atoms with Crippen molar-refractivity contribution in [3.63, 3.8) is 0 Å². The van der Waals surface area contributed by atoms with Crippen LogP contribution in [0, 0.1) is 5.92 Å². The van der Waals surface area contributed by atoms with Crippen molar-refractivity contribution in [2.75, 3.05) is 32.8 Å². The number of hydrogen-bond acceptors (Lipinski definition) is 4. The summed E-state index contributed by atoms with van der Waals surface area (Å²) in [6, 6.07) is 6.39. The van der Waals surface area contributed by atoms with Crippen LogP contribution in [0.15, 0.2) is 24.4 Å². The van der Waals surface area contributed by atoms with E-state index in [1.165, 1.54) is 12.8 Å². The van der Waals surface area contributed by atoms with Crippen molar-refractivity contribution in [1.29, 1.82) is 0 Å². The van der Waals surface area contributed by atoms with E-state index < -0.39 is 0 Å². The molecule has 2 atom stereocenters. The van der Waals surface area contributed by atoms with E-state index in [2.05, 4.69) is 21.3 Å². The molecule has 136 valence electrons. The Morgan fingerprint density at radius 2 is 2.04 bits per heavy atom. The maximum absolute atomic E-state index is 12.6. The van der Waals surface area contributed by atoms with Crippen LogP contribution in [0.2, 0.25) is 0 Å². The number of rotatable bonds is 4. The van der Waals surface area contributed by atoms with Gasteiger partial charge in [0, 0.05) is 51.6 Å². The highest BCUT2D eigenvalue weighted by molar-refractivity contribution is 5.74. The summed E-state index contributed by atoms with van der Waals surface area (Å²) in [7, 11) is 0. The van der Waals surface area contributed by atoms with Crippen molar-refractivity contribution in [3.05, 3.63) is 30.1 Å². The summed E-state index contributed by atoms with van der Waals surface area (Å²) in [6.45, 7) is 5.02. The standard InChI is InChI=1S/C19H28N4O2/c24-19(21-16-6-12-25-18(13-16)15-4-5-15)23-10-8-22(9-11-23)14-17-3-1-2-7-20-17/h1-3,7,15-16,18H,4-6,8-14H2,(H,21,24)/t16-,18+/m0/s1. The summed E-state index contributed by atoms with van der Waals surface area (Å²) in [6.07, 6.45) is 6.72. The number of urea groups is 1. The van der Waals surface area contributed by atoms with Gasteiger partial charge in [0.05, 0.1) is 11.8 Å². The lowest BCUT2D eigenvalue weighted by atomic mass is 10.0. The Bertz CT molecular complexity index is 570. The molecule has 0 spiro atoms. The number of pyridine rings is 1. The van der Waals surface area contributed by atoms with E-state index in [9.17, 15) is 4.79 Å². The van der Waals surface area contributed by atoms with E-state index in [0.29, 0.717) is 6.10 Å². The normalized spacial score (nSPS) is 27.9. The molecule has 6 heteroatoms. The first-order valence-electron chi connectivity index (χ1n) is 9.57. The van der Waals surface area contributed by atoms with Gasteiger partial charge in [-0.1, -0.05) is 6.07 Å². The van der Waals surface area contributed by atoms with Gasteiger partial charge in [0.25, 0.3) is 0 Å². The second kappa shape index (κ2) is 7.70. The highest BCUT2D eigenvalue weighted by Gasteiger charge is 2.36. The molecule has 1 aromatic rings. The third-order valence-electron chi connectivity index (χ3n) is 5.56. The summed E-state index contributed by atoms with van der Waals surface area (Å²) < 4.78 is 5.85. The van der Waals surface area contributed by atoms with Crippen molar-refractivity contribution in [2.45, 2.75) is 44.4 Å². The van der Waals surface area contributed by atoms with E-state index in [-0.39, 0.29) is 12.1 Å². The molecule has 2 aliphatic heterocycles. The average molecular weight is 344 g/mol. The lowest BCUT2D eigenvalue weighted by Crippen LogP contribution is -2.54. The van der Waals surface area contributed by atoms with E-state index >= 15 is 0 Å². The van der Waals surface area contributed by atoms with Gasteiger partial charge in [-0.25, -0.2) is 4.79 Å². The zero-order chi connectivity index (χ0) is 17.1. The highest BCUT2D eigenvalue weighted by atomic mass is 16.5. The van der Waals surface area contributed by atoms with E-state index in [4.69, 9.17) is 4.74 Å². The zero-order valence-corrected chi connectivity index (χ0v) is 14.8. The Hall–Kier alpha value is -1.66. The summed E-state index contributed by atoms with van der Waals surface area (Å²) in [4.78, 5) is 21.3. The molecule has 1 saturated carbocycles. The van der Waals surface area contributed by atoms with Gasteiger partial charge in [-0.3, -0.25) is 9.88 Å². The number of piperazine rings is 1. The summed E-state index contributed by atoms with van der Waals surface area (Å²) in [5, 5.41) is 3.24. The largest absolute Gasteiger partial charge is 0.378 e. The monoisotopic (exact) mass is 344 g/mol. The van der Waals surface area contributed by atoms with Gasteiger partial charge in [-0.2, -0.15) is 0 Å². The van der Waals surface area contributed by atoms with E-state index in [0.717, 1.165) is 63.8 Å². The Morgan fingerprint density at radius 3 is 2.76 bits per heavy atom. The molecule has 3 fully saturated rings. The van der Waals surface area contributed by atoms with Crippen molar-refractivity contribution in [1.82, 2.24) is 20.1 Å². The number of hydrogen-bond donors (Lipinski definition) is 1. The predicted molar refractivity (Wildman–Crippen MR) is 95.1 cm³/mol. The molecule has 2 amide bonds. The van der Waals surface area contributed by atoms with Gasteiger partial charge in [-0.15, -0.1) is 0 Å². The third kappa shape index (κ3) is 4.50. The first-order chi connectivity index (χ1) is 12.3. The molecule has 0 aromatic carbocycles. The molecule has 3 heterocycles. The average Bonchev–Trinajstić information content (AvgIpc) is 3.49.